The predicted molar refractivity (Wildman–Crippen MR) is 79.9 cm³/mol. The number of hydrogen-bond acceptors (Lipinski definition) is 6. The molecule has 0 amide bonds. The molecule has 1 saturated heterocycles. The van der Waals surface area contributed by atoms with Crippen LogP contribution in [0.3, 0.4) is 0 Å². The van der Waals surface area contributed by atoms with Gasteiger partial charge in [0.25, 0.3) is 0 Å². The van der Waals surface area contributed by atoms with Crippen LogP contribution in [-0.2, 0) is 16.0 Å². The molecule has 1 aromatic rings. The van der Waals surface area contributed by atoms with Gasteiger partial charge < -0.3 is 10.2 Å². The van der Waals surface area contributed by atoms with Crippen molar-refractivity contribution in [2.24, 2.45) is 0 Å². The topological polar surface area (TPSA) is 62.3 Å². The molecular weight excluding hydrogens is 339 g/mol. The Labute approximate surface area is 131 Å². The molecule has 2 rings (SSSR count). The first-order chi connectivity index (χ1) is 10.1. The lowest BCUT2D eigenvalue weighted by Gasteiger charge is -2.32. The minimum absolute atomic E-state index is 0.0710. The van der Waals surface area contributed by atoms with Crippen molar-refractivity contribution in [2.45, 2.75) is 25.1 Å². The second-order valence-corrected chi connectivity index (χ2v) is 8.71. The first-order valence-corrected chi connectivity index (χ1v) is 9.71. The Morgan fingerprint density at radius 1 is 1.41 bits per heavy atom. The highest BCUT2D eigenvalue weighted by Gasteiger charge is 2.33. The maximum atomic E-state index is 12.5. The van der Waals surface area contributed by atoms with E-state index >= 15 is 0 Å². The third kappa shape index (κ3) is 5.40. The molecule has 0 radical (unpaired) electrons. The van der Waals surface area contributed by atoms with Gasteiger partial charge in [0.1, 0.15) is 14.7 Å². The number of aromatic nitrogens is 1. The molecule has 0 aliphatic carbocycles. The summed E-state index contributed by atoms with van der Waals surface area (Å²) in [5.74, 6) is 0.131. The number of nitrogens with zero attached hydrogens (tertiary/aromatic N) is 2. The number of halogens is 3. The molecule has 1 aromatic heterocycles. The molecule has 0 aromatic carbocycles. The molecule has 22 heavy (non-hydrogen) atoms. The van der Waals surface area contributed by atoms with E-state index in [-0.39, 0.29) is 16.9 Å². The van der Waals surface area contributed by atoms with Gasteiger partial charge in [0.05, 0.1) is 11.9 Å². The van der Waals surface area contributed by atoms with Crippen LogP contribution < -0.4 is 5.32 Å². The summed E-state index contributed by atoms with van der Waals surface area (Å²) in [6.45, 7) is 1.95. The van der Waals surface area contributed by atoms with Crippen molar-refractivity contribution in [3.8, 4) is 0 Å². The number of hydrogen-bond donors (Lipinski definition) is 1. The fraction of sp³-hybridized carbons (Fsp3) is 0.750. The Morgan fingerprint density at radius 2 is 2.05 bits per heavy atom. The van der Waals surface area contributed by atoms with Gasteiger partial charge in [-0.05, 0) is 12.8 Å². The SMILES string of the molecule is CS(=O)(=O)CCN1CCC(Nc2ncc(C(F)(F)F)s2)CC1. The monoisotopic (exact) mass is 357 g/mol. The Morgan fingerprint density at radius 3 is 2.55 bits per heavy atom. The molecule has 2 heterocycles. The van der Waals surface area contributed by atoms with Crippen LogP contribution in [0.4, 0.5) is 18.3 Å². The van der Waals surface area contributed by atoms with Gasteiger partial charge >= 0.3 is 6.18 Å². The number of nitrogens with one attached hydrogen (secondary N) is 1. The number of likely N-dealkylation sites (tertiary alicyclic amines) is 1. The highest BCUT2D eigenvalue weighted by atomic mass is 32.2. The Hall–Kier alpha value is -0.870. The number of thiazole rings is 1. The predicted octanol–water partition coefficient (Wildman–Crippen LogP) is 2.08. The Balaban J connectivity index is 1.79. The zero-order chi connectivity index (χ0) is 16.4. The maximum absolute atomic E-state index is 12.5. The summed E-state index contributed by atoms with van der Waals surface area (Å²) < 4.78 is 59.7. The molecule has 0 saturated carbocycles. The lowest BCUT2D eigenvalue weighted by Crippen LogP contribution is -2.41. The minimum atomic E-state index is -4.35. The van der Waals surface area contributed by atoms with Gasteiger partial charge in [0.2, 0.25) is 0 Å². The molecule has 5 nitrogen and oxygen atoms in total. The van der Waals surface area contributed by atoms with Crippen molar-refractivity contribution in [2.75, 3.05) is 37.0 Å². The average Bonchev–Trinajstić information content (AvgIpc) is 2.85. The van der Waals surface area contributed by atoms with Gasteiger partial charge in [-0.3, -0.25) is 0 Å². The second-order valence-electron chi connectivity index (χ2n) is 5.42. The largest absolute Gasteiger partial charge is 0.427 e. The zero-order valence-corrected chi connectivity index (χ0v) is 13.7. The molecule has 0 bridgehead atoms. The molecule has 126 valence electrons. The van der Waals surface area contributed by atoms with Crippen LogP contribution in [0.25, 0.3) is 0 Å². The molecule has 0 spiro atoms. The smallest absolute Gasteiger partial charge is 0.359 e. The van der Waals surface area contributed by atoms with Gasteiger partial charge in [-0.2, -0.15) is 13.2 Å². The highest BCUT2D eigenvalue weighted by Crippen LogP contribution is 2.35. The van der Waals surface area contributed by atoms with Crippen molar-refractivity contribution < 1.29 is 21.6 Å². The summed E-state index contributed by atoms with van der Waals surface area (Å²) in [7, 11) is -2.97. The summed E-state index contributed by atoms with van der Waals surface area (Å²) in [6.07, 6.45) is -0.793. The van der Waals surface area contributed by atoms with E-state index in [2.05, 4.69) is 15.2 Å². The summed E-state index contributed by atoms with van der Waals surface area (Å²) >= 11 is 0.608. The summed E-state index contributed by atoms with van der Waals surface area (Å²) in [5.41, 5.74) is 0. The van der Waals surface area contributed by atoms with Gasteiger partial charge in [-0.15, -0.1) is 0 Å². The molecule has 0 unspecified atom stereocenters. The molecule has 1 aliphatic rings. The quantitative estimate of drug-likeness (QED) is 0.874. The van der Waals surface area contributed by atoms with Crippen LogP contribution in [-0.4, -0.2) is 56.0 Å². The summed E-state index contributed by atoms with van der Waals surface area (Å²) in [6, 6.07) is 0.0710. The van der Waals surface area contributed by atoms with Crippen molar-refractivity contribution in [3.63, 3.8) is 0 Å². The number of piperidine rings is 1. The number of rotatable bonds is 5. The van der Waals surface area contributed by atoms with Crippen LogP contribution in [0.1, 0.15) is 17.7 Å². The highest BCUT2D eigenvalue weighted by molar-refractivity contribution is 7.90. The van der Waals surface area contributed by atoms with Crippen LogP contribution in [0, 0.1) is 0 Å². The zero-order valence-electron chi connectivity index (χ0n) is 12.1. The van der Waals surface area contributed by atoms with Crippen LogP contribution in [0.5, 0.6) is 0 Å². The number of anilines is 1. The lowest BCUT2D eigenvalue weighted by molar-refractivity contribution is -0.134. The summed E-state index contributed by atoms with van der Waals surface area (Å²) in [4.78, 5) is 5.11. The van der Waals surface area contributed by atoms with Gasteiger partial charge in [-0.1, -0.05) is 11.3 Å². The molecule has 10 heteroatoms. The third-order valence-corrected chi connectivity index (χ3v) is 5.38. The minimum Gasteiger partial charge on any atom is -0.359 e. The van der Waals surface area contributed by atoms with Crippen molar-refractivity contribution in [3.05, 3.63) is 11.1 Å². The summed E-state index contributed by atoms with van der Waals surface area (Å²) in [5, 5.41) is 3.31. The van der Waals surface area contributed by atoms with E-state index in [4.69, 9.17) is 0 Å². The van der Waals surface area contributed by atoms with Crippen LogP contribution in [0.15, 0.2) is 6.20 Å². The maximum Gasteiger partial charge on any atom is 0.427 e. The van der Waals surface area contributed by atoms with Crippen molar-refractivity contribution >= 4 is 26.3 Å². The molecular formula is C12H18F3N3O2S2. The fourth-order valence-electron chi connectivity index (χ4n) is 2.24. The van der Waals surface area contributed by atoms with E-state index < -0.39 is 20.9 Å². The second kappa shape index (κ2) is 6.71. The standard InChI is InChI=1S/C12H18F3N3O2S2/c1-22(19,20)7-6-18-4-2-9(3-5-18)17-11-16-8-10(21-11)12(13,14)15/h8-9H,2-7H2,1H3,(H,16,17). The lowest BCUT2D eigenvalue weighted by atomic mass is 10.1. The van der Waals surface area contributed by atoms with E-state index in [1.807, 2.05) is 0 Å². The van der Waals surface area contributed by atoms with E-state index in [0.717, 1.165) is 32.1 Å². The number of alkyl halides is 3. The molecule has 1 N–H and O–H groups in total. The van der Waals surface area contributed by atoms with Crippen molar-refractivity contribution in [1.29, 1.82) is 0 Å². The first-order valence-electron chi connectivity index (χ1n) is 6.83. The van der Waals surface area contributed by atoms with Gasteiger partial charge in [0, 0.05) is 31.9 Å². The van der Waals surface area contributed by atoms with E-state index in [0.29, 0.717) is 17.9 Å². The molecule has 1 aliphatic heterocycles. The Bertz CT molecular complexity index is 593. The molecule has 0 atom stereocenters. The normalized spacial score (nSPS) is 18.5. The van der Waals surface area contributed by atoms with E-state index in [1.165, 1.54) is 6.26 Å². The van der Waals surface area contributed by atoms with Gasteiger partial charge in [0.15, 0.2) is 5.13 Å². The van der Waals surface area contributed by atoms with Crippen molar-refractivity contribution in [1.82, 2.24) is 9.88 Å². The Kier molecular flexibility index (Phi) is 5.33. The van der Waals surface area contributed by atoms with Crippen LogP contribution in [0.2, 0.25) is 0 Å². The fourth-order valence-corrected chi connectivity index (χ4v) is 3.59. The van der Waals surface area contributed by atoms with E-state index in [9.17, 15) is 21.6 Å². The number of sulfone groups is 1. The van der Waals surface area contributed by atoms with E-state index in [1.54, 1.807) is 0 Å². The first kappa shape index (κ1) is 17.5. The molecule has 1 fully saturated rings. The van der Waals surface area contributed by atoms with Crippen LogP contribution >= 0.6 is 11.3 Å². The third-order valence-electron chi connectivity index (χ3n) is 3.48. The average molecular weight is 357 g/mol. The van der Waals surface area contributed by atoms with Gasteiger partial charge in [-0.25, -0.2) is 13.4 Å².